The summed E-state index contributed by atoms with van der Waals surface area (Å²) in [6.07, 6.45) is 3.97. The molecule has 20 heavy (non-hydrogen) atoms. The van der Waals surface area contributed by atoms with E-state index >= 15 is 0 Å². The molecule has 1 aromatic carbocycles. The summed E-state index contributed by atoms with van der Waals surface area (Å²) in [4.78, 5) is 11.0. The van der Waals surface area contributed by atoms with Gasteiger partial charge >= 0.3 is 5.97 Å². The number of hydrogen-bond donors (Lipinski definition) is 2. The summed E-state index contributed by atoms with van der Waals surface area (Å²) in [7, 11) is 0. The summed E-state index contributed by atoms with van der Waals surface area (Å²) in [6.45, 7) is 4.59. The molecule has 0 amide bonds. The van der Waals surface area contributed by atoms with Gasteiger partial charge in [0.1, 0.15) is 17.9 Å². The Morgan fingerprint density at radius 2 is 2.20 bits per heavy atom. The van der Waals surface area contributed by atoms with Gasteiger partial charge in [-0.05, 0) is 43.4 Å². The van der Waals surface area contributed by atoms with Crippen molar-refractivity contribution < 1.29 is 14.6 Å². The molecule has 2 unspecified atom stereocenters. The molecule has 2 N–H and O–H groups in total. The van der Waals surface area contributed by atoms with Gasteiger partial charge in [0.15, 0.2) is 0 Å². The smallest absolute Gasteiger partial charge is 0.339 e. The molecule has 1 aliphatic carbocycles. The zero-order valence-electron chi connectivity index (χ0n) is 12.0. The van der Waals surface area contributed by atoms with Gasteiger partial charge in [0, 0.05) is 6.54 Å². The van der Waals surface area contributed by atoms with Crippen LogP contribution in [0.2, 0.25) is 0 Å². The lowest BCUT2D eigenvalue weighted by Gasteiger charge is -2.12. The van der Waals surface area contributed by atoms with Crippen molar-refractivity contribution in [2.45, 2.75) is 26.2 Å². The van der Waals surface area contributed by atoms with Crippen molar-refractivity contribution in [3.05, 3.63) is 29.8 Å². The highest BCUT2D eigenvalue weighted by Crippen LogP contribution is 2.29. The van der Waals surface area contributed by atoms with E-state index in [-0.39, 0.29) is 5.56 Å². The average Bonchev–Trinajstić information content (AvgIpc) is 2.84. The third kappa shape index (κ3) is 4.23. The van der Waals surface area contributed by atoms with Crippen molar-refractivity contribution in [2.24, 2.45) is 11.8 Å². The van der Waals surface area contributed by atoms with E-state index < -0.39 is 5.97 Å². The van der Waals surface area contributed by atoms with Crippen LogP contribution in [0, 0.1) is 11.8 Å². The minimum absolute atomic E-state index is 0.220. The van der Waals surface area contributed by atoms with Gasteiger partial charge in [-0.1, -0.05) is 25.5 Å². The Labute approximate surface area is 120 Å². The molecule has 0 aliphatic heterocycles. The monoisotopic (exact) mass is 277 g/mol. The lowest BCUT2D eigenvalue weighted by molar-refractivity contribution is 0.0692. The minimum Gasteiger partial charge on any atom is -0.491 e. The summed E-state index contributed by atoms with van der Waals surface area (Å²) in [5, 5.41) is 12.4. The maximum absolute atomic E-state index is 11.0. The number of benzene rings is 1. The van der Waals surface area contributed by atoms with E-state index in [1.54, 1.807) is 24.3 Å². The fourth-order valence-corrected chi connectivity index (χ4v) is 2.82. The van der Waals surface area contributed by atoms with E-state index in [9.17, 15) is 4.79 Å². The summed E-state index contributed by atoms with van der Waals surface area (Å²) < 4.78 is 5.54. The Hall–Kier alpha value is -1.55. The van der Waals surface area contributed by atoms with Crippen LogP contribution < -0.4 is 10.1 Å². The number of nitrogens with one attached hydrogen (secondary N) is 1. The van der Waals surface area contributed by atoms with Gasteiger partial charge < -0.3 is 15.2 Å². The maximum Gasteiger partial charge on any atom is 0.339 e. The van der Waals surface area contributed by atoms with Gasteiger partial charge in [-0.3, -0.25) is 0 Å². The molecule has 110 valence electrons. The molecular weight excluding hydrogens is 254 g/mol. The van der Waals surface area contributed by atoms with E-state index in [0.29, 0.717) is 12.4 Å². The second kappa shape index (κ2) is 7.29. The Bertz CT molecular complexity index is 447. The van der Waals surface area contributed by atoms with E-state index in [2.05, 4.69) is 12.2 Å². The second-order valence-electron chi connectivity index (χ2n) is 5.64. The first-order chi connectivity index (χ1) is 9.66. The van der Waals surface area contributed by atoms with Gasteiger partial charge in [-0.15, -0.1) is 0 Å². The highest BCUT2D eigenvalue weighted by molar-refractivity contribution is 5.90. The zero-order chi connectivity index (χ0) is 14.4. The van der Waals surface area contributed by atoms with Crippen molar-refractivity contribution in [3.8, 4) is 5.75 Å². The summed E-state index contributed by atoms with van der Waals surface area (Å²) >= 11 is 0. The summed E-state index contributed by atoms with van der Waals surface area (Å²) in [5.41, 5.74) is 0.220. The summed E-state index contributed by atoms with van der Waals surface area (Å²) in [5.74, 6) is 1.14. The molecule has 1 fully saturated rings. The first-order valence-electron chi connectivity index (χ1n) is 7.32. The molecule has 4 nitrogen and oxygen atoms in total. The molecule has 1 aliphatic rings. The van der Waals surface area contributed by atoms with Crippen molar-refractivity contribution in [1.29, 1.82) is 0 Å². The third-order valence-electron chi connectivity index (χ3n) is 3.89. The molecule has 0 bridgehead atoms. The second-order valence-corrected chi connectivity index (χ2v) is 5.64. The fraction of sp³-hybridized carbons (Fsp3) is 0.562. The first-order valence-corrected chi connectivity index (χ1v) is 7.32. The number of aromatic carboxylic acids is 1. The van der Waals surface area contributed by atoms with Crippen LogP contribution in [-0.4, -0.2) is 30.8 Å². The largest absolute Gasteiger partial charge is 0.491 e. The lowest BCUT2D eigenvalue weighted by atomic mass is 10.1. The zero-order valence-corrected chi connectivity index (χ0v) is 12.0. The Morgan fingerprint density at radius 1 is 1.40 bits per heavy atom. The van der Waals surface area contributed by atoms with Crippen LogP contribution in [0.15, 0.2) is 24.3 Å². The molecule has 0 heterocycles. The number of carboxylic acid groups (broad SMARTS) is 1. The van der Waals surface area contributed by atoms with Gasteiger partial charge in [0.25, 0.3) is 0 Å². The maximum atomic E-state index is 11.0. The first kappa shape index (κ1) is 14.9. The lowest BCUT2D eigenvalue weighted by Crippen LogP contribution is -2.26. The Morgan fingerprint density at radius 3 is 2.90 bits per heavy atom. The normalized spacial score (nSPS) is 21.9. The Balaban J connectivity index is 1.67. The molecule has 0 spiro atoms. The van der Waals surface area contributed by atoms with Crippen molar-refractivity contribution in [3.63, 3.8) is 0 Å². The van der Waals surface area contributed by atoms with Crippen LogP contribution >= 0.6 is 0 Å². The van der Waals surface area contributed by atoms with E-state index in [1.807, 2.05) is 0 Å². The number of para-hydroxylation sites is 1. The predicted octanol–water partition coefficient (Wildman–Crippen LogP) is 2.79. The fourth-order valence-electron chi connectivity index (χ4n) is 2.82. The van der Waals surface area contributed by atoms with Crippen molar-refractivity contribution >= 4 is 5.97 Å². The highest BCUT2D eigenvalue weighted by Gasteiger charge is 2.20. The van der Waals surface area contributed by atoms with Gasteiger partial charge in [0.2, 0.25) is 0 Å². The van der Waals surface area contributed by atoms with Crippen LogP contribution in [0.25, 0.3) is 0 Å². The molecule has 0 radical (unpaired) electrons. The standard InChI is InChI=1S/C16H23NO3/c1-12-6-7-13(10-12)11-17-8-9-20-15-5-3-2-4-14(15)16(18)19/h2-5,12-13,17H,6-11H2,1H3,(H,18,19). The van der Waals surface area contributed by atoms with E-state index in [1.165, 1.54) is 19.3 Å². The van der Waals surface area contributed by atoms with Crippen molar-refractivity contribution in [2.75, 3.05) is 19.7 Å². The molecule has 2 rings (SSSR count). The number of carboxylic acids is 1. The van der Waals surface area contributed by atoms with E-state index in [4.69, 9.17) is 9.84 Å². The van der Waals surface area contributed by atoms with Crippen LogP contribution in [0.4, 0.5) is 0 Å². The quantitative estimate of drug-likeness (QED) is 0.752. The SMILES string of the molecule is CC1CCC(CNCCOc2ccccc2C(=O)O)C1. The van der Waals surface area contributed by atoms with Crippen LogP contribution in [0.1, 0.15) is 36.5 Å². The molecule has 4 heteroatoms. The van der Waals surface area contributed by atoms with Gasteiger partial charge in [-0.2, -0.15) is 0 Å². The van der Waals surface area contributed by atoms with Crippen LogP contribution in [0.5, 0.6) is 5.75 Å². The third-order valence-corrected chi connectivity index (χ3v) is 3.89. The van der Waals surface area contributed by atoms with Gasteiger partial charge in [-0.25, -0.2) is 4.79 Å². The summed E-state index contributed by atoms with van der Waals surface area (Å²) in [6, 6.07) is 6.75. The van der Waals surface area contributed by atoms with Crippen molar-refractivity contribution in [1.82, 2.24) is 5.32 Å². The van der Waals surface area contributed by atoms with Crippen LogP contribution in [0.3, 0.4) is 0 Å². The number of hydrogen-bond acceptors (Lipinski definition) is 3. The number of ether oxygens (including phenoxy) is 1. The van der Waals surface area contributed by atoms with Crippen LogP contribution in [-0.2, 0) is 0 Å². The highest BCUT2D eigenvalue weighted by atomic mass is 16.5. The number of carbonyl (C=O) groups is 1. The molecule has 2 atom stereocenters. The predicted molar refractivity (Wildman–Crippen MR) is 78.3 cm³/mol. The number of rotatable bonds is 7. The van der Waals surface area contributed by atoms with Gasteiger partial charge in [0.05, 0.1) is 0 Å². The van der Waals surface area contributed by atoms with E-state index in [0.717, 1.165) is 24.9 Å². The molecule has 0 saturated heterocycles. The molecule has 1 aromatic rings. The molecular formula is C16H23NO3. The average molecular weight is 277 g/mol. The molecule has 0 aromatic heterocycles. The Kier molecular flexibility index (Phi) is 5.41. The minimum atomic E-state index is -0.950. The topological polar surface area (TPSA) is 58.6 Å². The molecule has 1 saturated carbocycles.